The number of rotatable bonds is 6. The van der Waals surface area contributed by atoms with E-state index in [4.69, 9.17) is 15.0 Å². The lowest BCUT2D eigenvalue weighted by atomic mass is 10.1. The zero-order chi connectivity index (χ0) is 15.4. The minimum absolute atomic E-state index is 0.0540. The van der Waals surface area contributed by atoms with Crippen LogP contribution in [0.4, 0.5) is 11.6 Å². The SMILES string of the molecule is COCc1nc(NN)cc(NC(C)c2cc(C)oc2C)n1. The number of methoxy groups -OCH3 is 1. The highest BCUT2D eigenvalue weighted by Gasteiger charge is 2.14. The molecule has 0 amide bonds. The molecule has 114 valence electrons. The molecule has 0 radical (unpaired) electrons. The zero-order valence-corrected chi connectivity index (χ0v) is 12.7. The number of hydrazine groups is 1. The lowest BCUT2D eigenvalue weighted by molar-refractivity contribution is 0.178. The monoisotopic (exact) mass is 291 g/mol. The quantitative estimate of drug-likeness (QED) is 0.554. The van der Waals surface area contributed by atoms with Gasteiger partial charge in [-0.2, -0.15) is 0 Å². The van der Waals surface area contributed by atoms with Crippen LogP contribution in [0.5, 0.6) is 0 Å². The van der Waals surface area contributed by atoms with Crippen molar-refractivity contribution in [3.63, 3.8) is 0 Å². The van der Waals surface area contributed by atoms with Crippen LogP contribution in [0.1, 0.15) is 35.9 Å². The van der Waals surface area contributed by atoms with Gasteiger partial charge in [-0.3, -0.25) is 0 Å². The van der Waals surface area contributed by atoms with Gasteiger partial charge in [0.25, 0.3) is 0 Å². The number of nitrogen functional groups attached to an aromatic ring is 1. The Morgan fingerprint density at radius 2 is 2.00 bits per heavy atom. The van der Waals surface area contributed by atoms with Gasteiger partial charge >= 0.3 is 0 Å². The van der Waals surface area contributed by atoms with Gasteiger partial charge in [0.1, 0.15) is 29.8 Å². The van der Waals surface area contributed by atoms with E-state index in [1.54, 1.807) is 13.2 Å². The maximum atomic E-state index is 5.56. The van der Waals surface area contributed by atoms with E-state index < -0.39 is 0 Å². The molecule has 4 N–H and O–H groups in total. The summed E-state index contributed by atoms with van der Waals surface area (Å²) in [5.74, 6) is 8.99. The van der Waals surface area contributed by atoms with Crippen molar-refractivity contribution in [2.24, 2.45) is 5.84 Å². The van der Waals surface area contributed by atoms with Crippen LogP contribution in [0.25, 0.3) is 0 Å². The molecule has 0 aliphatic heterocycles. The van der Waals surface area contributed by atoms with Crippen molar-refractivity contribution in [2.45, 2.75) is 33.4 Å². The molecule has 0 aliphatic carbocycles. The van der Waals surface area contributed by atoms with Gasteiger partial charge in [0.05, 0.1) is 6.04 Å². The smallest absolute Gasteiger partial charge is 0.158 e. The number of ether oxygens (including phenoxy) is 1. The Morgan fingerprint density at radius 3 is 2.57 bits per heavy atom. The molecule has 2 rings (SSSR count). The summed E-state index contributed by atoms with van der Waals surface area (Å²) >= 11 is 0. The average Bonchev–Trinajstić information content (AvgIpc) is 2.78. The summed E-state index contributed by atoms with van der Waals surface area (Å²) in [4.78, 5) is 8.61. The van der Waals surface area contributed by atoms with E-state index in [1.165, 1.54) is 0 Å². The molecule has 21 heavy (non-hydrogen) atoms. The first-order chi connectivity index (χ1) is 10.0. The molecule has 0 fully saturated rings. The molecule has 7 nitrogen and oxygen atoms in total. The highest BCUT2D eigenvalue weighted by Crippen LogP contribution is 2.24. The van der Waals surface area contributed by atoms with Crippen molar-refractivity contribution in [1.29, 1.82) is 0 Å². The predicted octanol–water partition coefficient (Wildman–Crippen LogP) is 2.29. The Bertz CT molecular complexity index is 611. The van der Waals surface area contributed by atoms with Crippen molar-refractivity contribution in [2.75, 3.05) is 17.9 Å². The Morgan fingerprint density at radius 1 is 1.29 bits per heavy atom. The van der Waals surface area contributed by atoms with E-state index in [2.05, 4.69) is 20.7 Å². The van der Waals surface area contributed by atoms with E-state index in [1.807, 2.05) is 26.8 Å². The molecular weight excluding hydrogens is 270 g/mol. The lowest BCUT2D eigenvalue weighted by Crippen LogP contribution is -2.14. The second-order valence-electron chi connectivity index (χ2n) is 4.87. The molecule has 0 spiro atoms. The van der Waals surface area contributed by atoms with Gasteiger partial charge in [0.15, 0.2) is 5.82 Å². The molecule has 2 heterocycles. The first kappa shape index (κ1) is 15.3. The molecule has 2 aromatic rings. The number of furan rings is 1. The molecule has 0 aliphatic rings. The van der Waals surface area contributed by atoms with E-state index in [-0.39, 0.29) is 6.04 Å². The Balaban J connectivity index is 2.21. The third-order valence-electron chi connectivity index (χ3n) is 3.10. The summed E-state index contributed by atoms with van der Waals surface area (Å²) in [6, 6.07) is 3.82. The number of hydrogen-bond donors (Lipinski definition) is 3. The number of nitrogens with zero attached hydrogens (tertiary/aromatic N) is 2. The van der Waals surface area contributed by atoms with Crippen molar-refractivity contribution in [1.82, 2.24) is 9.97 Å². The van der Waals surface area contributed by atoms with E-state index in [0.717, 1.165) is 17.1 Å². The zero-order valence-electron chi connectivity index (χ0n) is 12.7. The molecule has 1 unspecified atom stereocenters. The standard InChI is InChI=1S/C14H21N5O2/c1-8-5-11(10(3)21-8)9(2)16-12-6-13(19-15)18-14(17-12)7-20-4/h5-6,9H,7,15H2,1-4H3,(H2,16,17,18,19). The van der Waals surface area contributed by atoms with Crippen LogP contribution in [0.2, 0.25) is 0 Å². The first-order valence-corrected chi connectivity index (χ1v) is 6.70. The van der Waals surface area contributed by atoms with Crippen molar-refractivity contribution in [3.8, 4) is 0 Å². The van der Waals surface area contributed by atoms with Crippen molar-refractivity contribution < 1.29 is 9.15 Å². The number of nitrogens with one attached hydrogen (secondary N) is 2. The summed E-state index contributed by atoms with van der Waals surface area (Å²) in [6.45, 7) is 6.25. The fourth-order valence-corrected chi connectivity index (χ4v) is 2.22. The molecule has 0 bridgehead atoms. The number of nitrogens with two attached hydrogens (primary N) is 1. The van der Waals surface area contributed by atoms with Gasteiger partial charge in [-0.1, -0.05) is 0 Å². The van der Waals surface area contributed by atoms with Gasteiger partial charge in [-0.25, -0.2) is 15.8 Å². The van der Waals surface area contributed by atoms with Gasteiger partial charge in [0.2, 0.25) is 0 Å². The minimum Gasteiger partial charge on any atom is -0.466 e. The average molecular weight is 291 g/mol. The third kappa shape index (κ3) is 3.71. The number of hydrogen-bond acceptors (Lipinski definition) is 7. The van der Waals surface area contributed by atoms with Gasteiger partial charge in [-0.05, 0) is 26.8 Å². The highest BCUT2D eigenvalue weighted by atomic mass is 16.5. The van der Waals surface area contributed by atoms with Crippen molar-refractivity contribution in [3.05, 3.63) is 35.0 Å². The fraction of sp³-hybridized carbons (Fsp3) is 0.429. The van der Waals surface area contributed by atoms with Crippen LogP contribution < -0.4 is 16.6 Å². The lowest BCUT2D eigenvalue weighted by Gasteiger charge is -2.15. The molecule has 7 heteroatoms. The second-order valence-corrected chi connectivity index (χ2v) is 4.87. The Hall–Kier alpha value is -2.12. The molecule has 0 aromatic carbocycles. The van der Waals surface area contributed by atoms with Crippen LogP contribution in [0.15, 0.2) is 16.5 Å². The Labute approximate surface area is 123 Å². The first-order valence-electron chi connectivity index (χ1n) is 6.70. The molecule has 1 atom stereocenters. The van der Waals surface area contributed by atoms with Crippen LogP contribution in [0, 0.1) is 13.8 Å². The second kappa shape index (κ2) is 6.55. The maximum absolute atomic E-state index is 5.56. The van der Waals surface area contributed by atoms with E-state index >= 15 is 0 Å². The summed E-state index contributed by atoms with van der Waals surface area (Å²) in [7, 11) is 1.60. The third-order valence-corrected chi connectivity index (χ3v) is 3.10. The van der Waals surface area contributed by atoms with Crippen LogP contribution >= 0.6 is 0 Å². The normalized spacial score (nSPS) is 12.2. The molecule has 0 saturated heterocycles. The van der Waals surface area contributed by atoms with E-state index in [0.29, 0.717) is 24.1 Å². The van der Waals surface area contributed by atoms with Gasteiger partial charge in [-0.15, -0.1) is 0 Å². The largest absolute Gasteiger partial charge is 0.466 e. The van der Waals surface area contributed by atoms with Gasteiger partial charge in [0, 0.05) is 18.7 Å². The molecule has 2 aromatic heterocycles. The summed E-state index contributed by atoms with van der Waals surface area (Å²) in [5.41, 5.74) is 3.63. The maximum Gasteiger partial charge on any atom is 0.158 e. The molecule has 0 saturated carbocycles. The minimum atomic E-state index is 0.0540. The number of aromatic nitrogens is 2. The van der Waals surface area contributed by atoms with Crippen LogP contribution in [-0.2, 0) is 11.3 Å². The number of aryl methyl sites for hydroxylation is 2. The predicted molar refractivity (Wildman–Crippen MR) is 80.8 cm³/mol. The number of anilines is 2. The van der Waals surface area contributed by atoms with Gasteiger partial charge < -0.3 is 19.9 Å². The van der Waals surface area contributed by atoms with E-state index in [9.17, 15) is 0 Å². The molecular formula is C14H21N5O2. The topological polar surface area (TPSA) is 98.2 Å². The Kier molecular flexibility index (Phi) is 4.77. The summed E-state index contributed by atoms with van der Waals surface area (Å²) in [6.07, 6.45) is 0. The highest BCUT2D eigenvalue weighted by molar-refractivity contribution is 5.48. The fourth-order valence-electron chi connectivity index (χ4n) is 2.22. The summed E-state index contributed by atoms with van der Waals surface area (Å²) < 4.78 is 10.6. The van der Waals surface area contributed by atoms with Crippen LogP contribution in [-0.4, -0.2) is 17.1 Å². The summed E-state index contributed by atoms with van der Waals surface area (Å²) in [5, 5.41) is 3.32. The van der Waals surface area contributed by atoms with Crippen LogP contribution in [0.3, 0.4) is 0 Å². The van der Waals surface area contributed by atoms with Crippen molar-refractivity contribution >= 4 is 11.6 Å².